The van der Waals surface area contributed by atoms with Crippen LogP contribution in [0.5, 0.6) is 5.75 Å². The third-order valence-corrected chi connectivity index (χ3v) is 3.46. The molecule has 1 amide bonds. The van der Waals surface area contributed by atoms with E-state index in [1.54, 1.807) is 0 Å². The number of benzene rings is 1. The lowest BCUT2D eigenvalue weighted by Gasteiger charge is -2.10. The summed E-state index contributed by atoms with van der Waals surface area (Å²) >= 11 is 0. The Labute approximate surface area is 117 Å². The van der Waals surface area contributed by atoms with E-state index >= 15 is 0 Å². The minimum absolute atomic E-state index is 0.184. The summed E-state index contributed by atoms with van der Waals surface area (Å²) < 4.78 is 5.50. The first-order valence-electron chi connectivity index (χ1n) is 6.89. The number of amides is 1. The van der Waals surface area contributed by atoms with Gasteiger partial charge in [-0.1, -0.05) is 12.1 Å². The van der Waals surface area contributed by atoms with Gasteiger partial charge >= 0.3 is 0 Å². The molecule has 1 heterocycles. The number of nitrogens with one attached hydrogen (secondary N) is 2. The molecule has 3 rings (SSSR count). The van der Waals surface area contributed by atoms with Crippen molar-refractivity contribution in [3.63, 3.8) is 0 Å². The van der Waals surface area contributed by atoms with Gasteiger partial charge in [-0.2, -0.15) is 5.10 Å². The molecule has 0 fully saturated rings. The molecule has 0 bridgehead atoms. The molecule has 0 unspecified atom stereocenters. The smallest absolute Gasteiger partial charge is 0.276 e. The lowest BCUT2D eigenvalue weighted by atomic mass is 10.2. The van der Waals surface area contributed by atoms with Crippen LogP contribution < -0.4 is 10.1 Å². The number of aryl methyl sites for hydroxylation is 1. The third-order valence-electron chi connectivity index (χ3n) is 3.46. The summed E-state index contributed by atoms with van der Waals surface area (Å²) in [5.41, 5.74) is 3.32. The maximum Gasteiger partial charge on any atom is 0.276 e. The number of fused-ring (bicyclic) bond motifs is 1. The fourth-order valence-corrected chi connectivity index (χ4v) is 2.54. The largest absolute Gasteiger partial charge is 0.492 e. The molecule has 1 aliphatic rings. The first-order valence-corrected chi connectivity index (χ1v) is 6.89. The Morgan fingerprint density at radius 2 is 2.25 bits per heavy atom. The van der Waals surface area contributed by atoms with Crippen LogP contribution in [0.1, 0.15) is 35.1 Å². The second-order valence-corrected chi connectivity index (χ2v) is 4.77. The van der Waals surface area contributed by atoms with Crippen LogP contribution in [0, 0.1) is 0 Å². The normalized spacial score (nSPS) is 13.1. The first kappa shape index (κ1) is 12.7. The predicted molar refractivity (Wildman–Crippen MR) is 76.2 cm³/mol. The van der Waals surface area contributed by atoms with Crippen molar-refractivity contribution in [3.05, 3.63) is 41.2 Å². The van der Waals surface area contributed by atoms with Crippen molar-refractivity contribution in [3.8, 4) is 5.75 Å². The number of nitrogens with zero attached hydrogens (tertiary/aromatic N) is 1. The van der Waals surface area contributed by atoms with E-state index in [0.29, 0.717) is 23.7 Å². The lowest BCUT2D eigenvalue weighted by Crippen LogP contribution is -2.15. The van der Waals surface area contributed by atoms with Crippen LogP contribution in [0.4, 0.5) is 5.69 Å². The molecular formula is C15H17N3O2. The van der Waals surface area contributed by atoms with Crippen molar-refractivity contribution in [2.75, 3.05) is 11.9 Å². The average Bonchev–Trinajstić information content (AvgIpc) is 3.03. The van der Waals surface area contributed by atoms with Crippen LogP contribution in [0.3, 0.4) is 0 Å². The summed E-state index contributed by atoms with van der Waals surface area (Å²) in [5.74, 6) is 0.493. The topological polar surface area (TPSA) is 67.0 Å². The third kappa shape index (κ3) is 2.27. The number of para-hydroxylation sites is 2. The molecule has 0 saturated carbocycles. The van der Waals surface area contributed by atoms with Crippen LogP contribution >= 0.6 is 0 Å². The van der Waals surface area contributed by atoms with Gasteiger partial charge in [0.15, 0.2) is 5.69 Å². The molecule has 2 aromatic rings. The molecule has 0 saturated heterocycles. The Morgan fingerprint density at radius 3 is 3.10 bits per heavy atom. The second kappa shape index (κ2) is 5.36. The standard InChI is InChI=1S/C15H17N3O2/c1-2-20-13-9-4-3-7-12(13)16-15(19)14-10-6-5-8-11(10)17-18-14/h3-4,7,9H,2,5-6,8H2,1H3,(H,16,19)(H,17,18). The van der Waals surface area contributed by atoms with Gasteiger partial charge in [-0.05, 0) is 38.3 Å². The van der Waals surface area contributed by atoms with E-state index in [9.17, 15) is 4.79 Å². The minimum atomic E-state index is -0.184. The molecule has 0 spiro atoms. The highest BCUT2D eigenvalue weighted by atomic mass is 16.5. The fraction of sp³-hybridized carbons (Fsp3) is 0.333. The zero-order chi connectivity index (χ0) is 13.9. The van der Waals surface area contributed by atoms with Crippen LogP contribution in [0.2, 0.25) is 0 Å². The maximum atomic E-state index is 12.3. The van der Waals surface area contributed by atoms with Gasteiger partial charge in [-0.15, -0.1) is 0 Å². The summed E-state index contributed by atoms with van der Waals surface area (Å²) in [6.45, 7) is 2.48. The molecule has 1 aliphatic carbocycles. The highest BCUT2D eigenvalue weighted by Crippen LogP contribution is 2.26. The van der Waals surface area contributed by atoms with Crippen molar-refractivity contribution in [1.82, 2.24) is 10.2 Å². The summed E-state index contributed by atoms with van der Waals surface area (Å²) in [4.78, 5) is 12.3. The van der Waals surface area contributed by atoms with Crippen molar-refractivity contribution < 1.29 is 9.53 Å². The van der Waals surface area contributed by atoms with E-state index in [4.69, 9.17) is 4.74 Å². The summed E-state index contributed by atoms with van der Waals surface area (Å²) in [6, 6.07) is 7.42. The van der Waals surface area contributed by atoms with Gasteiger partial charge in [0, 0.05) is 11.3 Å². The van der Waals surface area contributed by atoms with Crippen molar-refractivity contribution in [2.45, 2.75) is 26.2 Å². The zero-order valence-electron chi connectivity index (χ0n) is 11.4. The maximum absolute atomic E-state index is 12.3. The van der Waals surface area contributed by atoms with E-state index < -0.39 is 0 Å². The molecular weight excluding hydrogens is 254 g/mol. The van der Waals surface area contributed by atoms with Gasteiger partial charge in [-0.25, -0.2) is 0 Å². The number of aromatic amines is 1. The number of hydrogen-bond acceptors (Lipinski definition) is 3. The number of carbonyl (C=O) groups is 1. The Bertz CT molecular complexity index is 634. The van der Waals surface area contributed by atoms with Crippen molar-refractivity contribution >= 4 is 11.6 Å². The van der Waals surface area contributed by atoms with E-state index in [-0.39, 0.29) is 5.91 Å². The average molecular weight is 271 g/mol. The molecule has 1 aromatic carbocycles. The van der Waals surface area contributed by atoms with Crippen LogP contribution in [0.15, 0.2) is 24.3 Å². The molecule has 1 aromatic heterocycles. The van der Waals surface area contributed by atoms with Crippen LogP contribution in [0.25, 0.3) is 0 Å². The van der Waals surface area contributed by atoms with Crippen LogP contribution in [-0.2, 0) is 12.8 Å². The molecule has 2 N–H and O–H groups in total. The quantitative estimate of drug-likeness (QED) is 0.898. The van der Waals surface area contributed by atoms with E-state index in [2.05, 4.69) is 15.5 Å². The molecule has 104 valence electrons. The Balaban J connectivity index is 1.82. The molecule has 0 radical (unpaired) electrons. The monoisotopic (exact) mass is 271 g/mol. The highest BCUT2D eigenvalue weighted by Gasteiger charge is 2.23. The summed E-state index contributed by atoms with van der Waals surface area (Å²) in [7, 11) is 0. The number of rotatable bonds is 4. The molecule has 5 nitrogen and oxygen atoms in total. The Hall–Kier alpha value is -2.30. The van der Waals surface area contributed by atoms with Gasteiger partial charge in [0.25, 0.3) is 5.91 Å². The number of ether oxygens (including phenoxy) is 1. The van der Waals surface area contributed by atoms with Gasteiger partial charge in [0.2, 0.25) is 0 Å². The van der Waals surface area contributed by atoms with E-state index in [0.717, 1.165) is 30.5 Å². The summed E-state index contributed by atoms with van der Waals surface area (Å²) in [5, 5.41) is 9.96. The predicted octanol–water partition coefficient (Wildman–Crippen LogP) is 2.55. The molecule has 0 aliphatic heterocycles. The van der Waals surface area contributed by atoms with Gasteiger partial charge < -0.3 is 10.1 Å². The van der Waals surface area contributed by atoms with Gasteiger partial charge in [0.05, 0.1) is 12.3 Å². The number of carbonyl (C=O) groups excluding carboxylic acids is 1. The SMILES string of the molecule is CCOc1ccccc1NC(=O)c1n[nH]c2c1CCC2. The highest BCUT2D eigenvalue weighted by molar-refractivity contribution is 6.04. The van der Waals surface area contributed by atoms with Crippen molar-refractivity contribution in [2.24, 2.45) is 0 Å². The number of hydrogen-bond donors (Lipinski definition) is 2. The molecule has 5 heteroatoms. The minimum Gasteiger partial charge on any atom is -0.492 e. The number of anilines is 1. The van der Waals surface area contributed by atoms with Gasteiger partial charge in [-0.3, -0.25) is 9.89 Å². The Kier molecular flexibility index (Phi) is 3.41. The Morgan fingerprint density at radius 1 is 1.40 bits per heavy atom. The summed E-state index contributed by atoms with van der Waals surface area (Å²) in [6.07, 6.45) is 2.98. The number of aromatic nitrogens is 2. The number of H-pyrrole nitrogens is 1. The first-order chi connectivity index (χ1) is 9.79. The fourth-order valence-electron chi connectivity index (χ4n) is 2.54. The molecule has 20 heavy (non-hydrogen) atoms. The van der Waals surface area contributed by atoms with Gasteiger partial charge in [0.1, 0.15) is 5.75 Å². The lowest BCUT2D eigenvalue weighted by molar-refractivity contribution is 0.102. The van der Waals surface area contributed by atoms with E-state index in [1.807, 2.05) is 31.2 Å². The van der Waals surface area contributed by atoms with Crippen LogP contribution in [-0.4, -0.2) is 22.7 Å². The molecule has 0 atom stereocenters. The zero-order valence-corrected chi connectivity index (χ0v) is 11.4. The van der Waals surface area contributed by atoms with Crippen molar-refractivity contribution in [1.29, 1.82) is 0 Å². The second-order valence-electron chi connectivity index (χ2n) is 4.77. The van der Waals surface area contributed by atoms with E-state index in [1.165, 1.54) is 0 Å².